The van der Waals surface area contributed by atoms with E-state index in [0.29, 0.717) is 11.5 Å². The van der Waals surface area contributed by atoms with E-state index in [1.807, 2.05) is 6.92 Å². The minimum absolute atomic E-state index is 0.113. The summed E-state index contributed by atoms with van der Waals surface area (Å²) < 4.78 is 37.6. The molecule has 1 aliphatic carbocycles. The van der Waals surface area contributed by atoms with E-state index in [0.717, 1.165) is 25.1 Å². The van der Waals surface area contributed by atoms with E-state index >= 15 is 0 Å². The van der Waals surface area contributed by atoms with Crippen molar-refractivity contribution in [3.8, 4) is 0 Å². The second-order valence-corrected chi connectivity index (χ2v) is 5.44. The molecular weight excluding hydrogens is 335 g/mol. The van der Waals surface area contributed by atoms with Crippen LogP contribution in [0.3, 0.4) is 0 Å². The van der Waals surface area contributed by atoms with Crippen molar-refractivity contribution >= 4 is 17.8 Å². The smallest absolute Gasteiger partial charge is 0.370 e. The van der Waals surface area contributed by atoms with Gasteiger partial charge in [0.2, 0.25) is 5.95 Å². The van der Waals surface area contributed by atoms with Gasteiger partial charge in [0.25, 0.3) is 0 Å². The molecule has 135 valence electrons. The Morgan fingerprint density at radius 1 is 1.32 bits per heavy atom. The molecule has 0 aromatic carbocycles. The lowest BCUT2D eigenvalue weighted by Crippen LogP contribution is -2.38. The van der Waals surface area contributed by atoms with E-state index in [2.05, 4.69) is 25.9 Å². The monoisotopic (exact) mass is 354 g/mol. The topological polar surface area (TPSA) is 78.9 Å². The third kappa shape index (κ3) is 5.77. The number of halogens is 3. The number of alkyl halides is 3. The Morgan fingerprint density at radius 3 is 2.68 bits per heavy atom. The summed E-state index contributed by atoms with van der Waals surface area (Å²) in [7, 11) is 0. The van der Waals surface area contributed by atoms with Crippen LogP contribution < -0.4 is 16.0 Å². The number of hydrogen-bond donors (Lipinski definition) is 3. The van der Waals surface area contributed by atoms with Crippen molar-refractivity contribution in [2.45, 2.75) is 32.5 Å². The van der Waals surface area contributed by atoms with Crippen molar-refractivity contribution in [1.29, 1.82) is 0 Å². The number of anilines is 2. The van der Waals surface area contributed by atoms with Crippen LogP contribution in [0.2, 0.25) is 0 Å². The molecule has 25 heavy (non-hydrogen) atoms. The zero-order chi connectivity index (χ0) is 18.4. The SMILES string of the molecule is CCCNc1cc(C)nc(NC(=O)NC2[CH]C=C(C(F)(F)F)C=C2)n1. The van der Waals surface area contributed by atoms with Gasteiger partial charge in [0, 0.05) is 24.7 Å². The Bertz CT molecular complexity index is 685. The van der Waals surface area contributed by atoms with Gasteiger partial charge in [-0.2, -0.15) is 18.2 Å². The largest absolute Gasteiger partial charge is 0.416 e. The van der Waals surface area contributed by atoms with Gasteiger partial charge in [-0.25, -0.2) is 9.78 Å². The van der Waals surface area contributed by atoms with Gasteiger partial charge in [-0.15, -0.1) is 0 Å². The average molecular weight is 354 g/mol. The summed E-state index contributed by atoms with van der Waals surface area (Å²) in [4.78, 5) is 20.2. The van der Waals surface area contributed by atoms with Crippen LogP contribution in [0.1, 0.15) is 19.0 Å². The molecule has 0 fully saturated rings. The summed E-state index contributed by atoms with van der Waals surface area (Å²) in [6, 6.07) is 0.496. The molecule has 0 saturated carbocycles. The summed E-state index contributed by atoms with van der Waals surface area (Å²) in [5.74, 6) is 0.703. The highest BCUT2D eigenvalue weighted by Crippen LogP contribution is 2.29. The van der Waals surface area contributed by atoms with E-state index in [9.17, 15) is 18.0 Å². The standard InChI is InChI=1S/C16H19F3N5O/c1-3-8-20-13-9-10(2)21-14(23-13)24-15(25)22-12-6-4-11(5-7-12)16(17,18)19/h4-7,9,12H,3,8H2,1-2H3,(H3,20,21,22,23,24,25). The molecule has 1 aromatic heterocycles. The second-order valence-electron chi connectivity index (χ2n) is 5.44. The maximum Gasteiger partial charge on any atom is 0.416 e. The summed E-state index contributed by atoms with van der Waals surface area (Å²) in [6.07, 6.45) is 0.893. The summed E-state index contributed by atoms with van der Waals surface area (Å²) in [6.45, 7) is 4.52. The van der Waals surface area contributed by atoms with Gasteiger partial charge >= 0.3 is 12.2 Å². The number of amides is 2. The van der Waals surface area contributed by atoms with Crippen LogP contribution in [0.15, 0.2) is 29.9 Å². The molecule has 1 aliphatic rings. The van der Waals surface area contributed by atoms with Gasteiger partial charge in [0.15, 0.2) is 0 Å². The Labute approximate surface area is 143 Å². The van der Waals surface area contributed by atoms with E-state index in [1.54, 1.807) is 13.0 Å². The Hall–Kier alpha value is -2.58. The molecule has 0 saturated heterocycles. The van der Waals surface area contributed by atoms with Crippen molar-refractivity contribution in [3.63, 3.8) is 0 Å². The van der Waals surface area contributed by atoms with Crippen molar-refractivity contribution in [3.05, 3.63) is 42.0 Å². The van der Waals surface area contributed by atoms with E-state index < -0.39 is 23.8 Å². The maximum atomic E-state index is 12.5. The van der Waals surface area contributed by atoms with Crippen LogP contribution in [0.5, 0.6) is 0 Å². The minimum Gasteiger partial charge on any atom is -0.370 e. The van der Waals surface area contributed by atoms with Crippen LogP contribution in [-0.4, -0.2) is 34.8 Å². The fourth-order valence-electron chi connectivity index (χ4n) is 2.08. The van der Waals surface area contributed by atoms with Crippen LogP contribution in [0.4, 0.5) is 29.7 Å². The molecule has 1 radical (unpaired) electrons. The number of aromatic nitrogens is 2. The molecular formula is C16H19F3N5O. The number of hydrogen-bond acceptors (Lipinski definition) is 4. The van der Waals surface area contributed by atoms with Crippen LogP contribution in [0.25, 0.3) is 0 Å². The number of carbonyl (C=O) groups is 1. The fourth-order valence-corrected chi connectivity index (χ4v) is 2.08. The summed E-state index contributed by atoms with van der Waals surface area (Å²) in [5.41, 5.74) is -0.0922. The molecule has 1 heterocycles. The Kier molecular flexibility index (Phi) is 6.00. The van der Waals surface area contributed by atoms with Gasteiger partial charge in [0.05, 0.1) is 11.6 Å². The number of carbonyl (C=O) groups excluding carboxylic acids is 1. The highest BCUT2D eigenvalue weighted by Gasteiger charge is 2.33. The Morgan fingerprint density at radius 2 is 2.08 bits per heavy atom. The molecule has 9 heteroatoms. The van der Waals surface area contributed by atoms with Crippen molar-refractivity contribution in [1.82, 2.24) is 15.3 Å². The van der Waals surface area contributed by atoms with Crippen LogP contribution in [-0.2, 0) is 0 Å². The van der Waals surface area contributed by atoms with E-state index in [1.165, 1.54) is 12.5 Å². The molecule has 2 rings (SSSR count). The number of rotatable bonds is 5. The van der Waals surface area contributed by atoms with Gasteiger partial charge in [0.1, 0.15) is 5.82 Å². The quantitative estimate of drug-likeness (QED) is 0.758. The maximum absolute atomic E-state index is 12.5. The number of allylic oxidation sites excluding steroid dienone is 2. The second kappa shape index (κ2) is 8.00. The minimum atomic E-state index is -4.41. The first-order valence-electron chi connectivity index (χ1n) is 7.75. The lowest BCUT2D eigenvalue weighted by Gasteiger charge is -2.18. The van der Waals surface area contributed by atoms with Crippen LogP contribution in [0, 0.1) is 13.3 Å². The molecule has 1 aromatic rings. The summed E-state index contributed by atoms with van der Waals surface area (Å²) in [5, 5.41) is 8.09. The normalized spacial score (nSPS) is 17.0. The lowest BCUT2D eigenvalue weighted by atomic mass is 10.0. The third-order valence-corrected chi connectivity index (χ3v) is 3.23. The third-order valence-electron chi connectivity index (χ3n) is 3.23. The van der Waals surface area contributed by atoms with E-state index in [4.69, 9.17) is 0 Å². The molecule has 6 nitrogen and oxygen atoms in total. The molecule has 3 N–H and O–H groups in total. The lowest BCUT2D eigenvalue weighted by molar-refractivity contribution is -0.0884. The zero-order valence-corrected chi connectivity index (χ0v) is 13.8. The first kappa shape index (κ1) is 18.8. The fraction of sp³-hybridized carbons (Fsp3) is 0.375. The number of nitrogens with one attached hydrogen (secondary N) is 3. The van der Waals surface area contributed by atoms with Gasteiger partial charge < -0.3 is 10.6 Å². The molecule has 2 amide bonds. The predicted molar refractivity (Wildman–Crippen MR) is 89.1 cm³/mol. The highest BCUT2D eigenvalue weighted by molar-refractivity contribution is 5.88. The molecule has 1 atom stereocenters. The van der Waals surface area contributed by atoms with Gasteiger partial charge in [-0.3, -0.25) is 5.32 Å². The molecule has 0 aliphatic heterocycles. The van der Waals surface area contributed by atoms with Crippen molar-refractivity contribution < 1.29 is 18.0 Å². The van der Waals surface area contributed by atoms with Gasteiger partial charge in [-0.05, 0) is 13.3 Å². The number of urea groups is 1. The molecule has 0 bridgehead atoms. The van der Waals surface area contributed by atoms with Gasteiger partial charge in [-0.1, -0.05) is 25.2 Å². The number of nitrogens with zero attached hydrogens (tertiary/aromatic N) is 2. The average Bonchev–Trinajstić information content (AvgIpc) is 2.52. The van der Waals surface area contributed by atoms with Crippen LogP contribution >= 0.6 is 0 Å². The molecule has 1 unspecified atom stereocenters. The molecule has 0 spiro atoms. The first-order valence-corrected chi connectivity index (χ1v) is 7.75. The van der Waals surface area contributed by atoms with Crippen molar-refractivity contribution in [2.75, 3.05) is 17.2 Å². The predicted octanol–water partition coefficient (Wildman–Crippen LogP) is 3.36. The van der Waals surface area contributed by atoms with E-state index in [-0.39, 0.29) is 5.95 Å². The highest BCUT2D eigenvalue weighted by atomic mass is 19.4. The Balaban J connectivity index is 1.92. The number of aryl methyl sites for hydroxylation is 1. The summed E-state index contributed by atoms with van der Waals surface area (Å²) >= 11 is 0. The van der Waals surface area contributed by atoms with Crippen molar-refractivity contribution in [2.24, 2.45) is 0 Å². The zero-order valence-electron chi connectivity index (χ0n) is 13.8. The first-order chi connectivity index (χ1) is 11.8.